The van der Waals surface area contributed by atoms with Crippen LogP contribution in [0.1, 0.15) is 49.7 Å². The zero-order chi connectivity index (χ0) is 18.9. The maximum absolute atomic E-state index is 14.3. The average molecular weight is 359 g/mol. The summed E-state index contributed by atoms with van der Waals surface area (Å²) in [5.41, 5.74) is 0.473. The molecule has 1 aromatic carbocycles. The first-order valence-electron chi connectivity index (χ1n) is 8.01. The van der Waals surface area contributed by atoms with Gasteiger partial charge in [0.1, 0.15) is 11.6 Å². The molecule has 0 bridgehead atoms. The van der Waals surface area contributed by atoms with Gasteiger partial charge in [0, 0.05) is 36.7 Å². The molecule has 0 amide bonds. The second-order valence-electron chi connectivity index (χ2n) is 6.15. The SMILES string of the molecule is CCC(/C(C(=O)OC)=C(/C)NC)c1cc(F)cc(F)c1C1CC1(F)F. The molecule has 3 nitrogen and oxygen atoms in total. The molecular formula is C18H21F4NO2. The lowest BCUT2D eigenvalue weighted by Gasteiger charge is -2.23. The van der Waals surface area contributed by atoms with E-state index in [0.717, 1.165) is 6.07 Å². The third kappa shape index (κ3) is 3.65. The van der Waals surface area contributed by atoms with Gasteiger partial charge in [-0.3, -0.25) is 0 Å². The van der Waals surface area contributed by atoms with Crippen LogP contribution in [0.5, 0.6) is 0 Å². The van der Waals surface area contributed by atoms with E-state index in [1.54, 1.807) is 20.9 Å². The third-order valence-corrected chi connectivity index (χ3v) is 4.62. The van der Waals surface area contributed by atoms with Crippen molar-refractivity contribution in [3.05, 3.63) is 46.2 Å². The molecule has 0 saturated heterocycles. The Morgan fingerprint density at radius 1 is 1.40 bits per heavy atom. The molecule has 1 fully saturated rings. The maximum Gasteiger partial charge on any atom is 0.336 e. The van der Waals surface area contributed by atoms with Crippen molar-refractivity contribution in [2.24, 2.45) is 0 Å². The van der Waals surface area contributed by atoms with Crippen LogP contribution in [0.2, 0.25) is 0 Å². The minimum atomic E-state index is -3.01. The van der Waals surface area contributed by atoms with Gasteiger partial charge in [-0.25, -0.2) is 22.4 Å². The molecule has 0 spiro atoms. The molecule has 1 saturated carbocycles. The van der Waals surface area contributed by atoms with E-state index in [9.17, 15) is 22.4 Å². The molecule has 1 aliphatic carbocycles. The number of carbonyl (C=O) groups is 1. The number of hydrogen-bond acceptors (Lipinski definition) is 3. The number of rotatable bonds is 6. The summed E-state index contributed by atoms with van der Waals surface area (Å²) in [7, 11) is 2.78. The van der Waals surface area contributed by atoms with Crippen LogP contribution < -0.4 is 5.32 Å². The molecular weight excluding hydrogens is 338 g/mol. The maximum atomic E-state index is 14.3. The van der Waals surface area contributed by atoms with Crippen molar-refractivity contribution in [3.8, 4) is 0 Å². The van der Waals surface area contributed by atoms with Gasteiger partial charge in [-0.05, 0) is 25.0 Å². The fourth-order valence-electron chi connectivity index (χ4n) is 3.17. The highest BCUT2D eigenvalue weighted by atomic mass is 19.3. The zero-order valence-corrected chi connectivity index (χ0v) is 14.6. The monoisotopic (exact) mass is 359 g/mol. The number of methoxy groups -OCH3 is 1. The van der Waals surface area contributed by atoms with Crippen molar-refractivity contribution in [1.82, 2.24) is 5.32 Å². The van der Waals surface area contributed by atoms with Gasteiger partial charge in [-0.15, -0.1) is 0 Å². The van der Waals surface area contributed by atoms with E-state index < -0.39 is 41.8 Å². The number of hydrogen-bond donors (Lipinski definition) is 1. The van der Waals surface area contributed by atoms with Crippen LogP contribution in [0.3, 0.4) is 0 Å². The van der Waals surface area contributed by atoms with Gasteiger partial charge in [0.2, 0.25) is 0 Å². The number of benzene rings is 1. The Balaban J connectivity index is 2.67. The van der Waals surface area contributed by atoms with Crippen LogP contribution in [-0.2, 0) is 9.53 Å². The molecule has 0 heterocycles. The lowest BCUT2D eigenvalue weighted by molar-refractivity contribution is -0.136. The quantitative estimate of drug-likeness (QED) is 0.469. The number of carbonyl (C=O) groups excluding carboxylic acids is 1. The van der Waals surface area contributed by atoms with Crippen LogP contribution in [-0.4, -0.2) is 26.0 Å². The van der Waals surface area contributed by atoms with E-state index in [1.165, 1.54) is 7.11 Å². The Hall–Kier alpha value is -2.05. The first kappa shape index (κ1) is 19.3. The van der Waals surface area contributed by atoms with Gasteiger partial charge < -0.3 is 10.1 Å². The number of allylic oxidation sites excluding steroid dienone is 1. The van der Waals surface area contributed by atoms with Gasteiger partial charge in [0.25, 0.3) is 5.92 Å². The molecule has 0 aliphatic heterocycles. The summed E-state index contributed by atoms with van der Waals surface area (Å²) in [4.78, 5) is 12.2. The number of nitrogens with one attached hydrogen (secondary N) is 1. The number of ether oxygens (including phenoxy) is 1. The fraction of sp³-hybridized carbons (Fsp3) is 0.500. The van der Waals surface area contributed by atoms with Crippen molar-refractivity contribution in [2.45, 2.75) is 44.4 Å². The Kier molecular flexibility index (Phi) is 5.44. The molecule has 1 aliphatic rings. The molecule has 1 aromatic rings. The van der Waals surface area contributed by atoms with Crippen molar-refractivity contribution in [3.63, 3.8) is 0 Å². The lowest BCUT2D eigenvalue weighted by atomic mass is 9.83. The first-order chi connectivity index (χ1) is 11.7. The zero-order valence-electron chi connectivity index (χ0n) is 14.6. The van der Waals surface area contributed by atoms with E-state index in [-0.39, 0.29) is 23.1 Å². The largest absolute Gasteiger partial charge is 0.466 e. The molecule has 2 unspecified atom stereocenters. The van der Waals surface area contributed by atoms with Gasteiger partial charge in [0.05, 0.1) is 18.6 Å². The van der Waals surface area contributed by atoms with Crippen molar-refractivity contribution >= 4 is 5.97 Å². The van der Waals surface area contributed by atoms with Crippen LogP contribution in [0.4, 0.5) is 17.6 Å². The van der Waals surface area contributed by atoms with E-state index >= 15 is 0 Å². The predicted octanol–water partition coefficient (Wildman–Crippen LogP) is 4.25. The van der Waals surface area contributed by atoms with Crippen molar-refractivity contribution in [2.75, 3.05) is 14.2 Å². The van der Waals surface area contributed by atoms with Gasteiger partial charge in [-0.2, -0.15) is 0 Å². The topological polar surface area (TPSA) is 38.3 Å². The van der Waals surface area contributed by atoms with Crippen molar-refractivity contribution in [1.29, 1.82) is 0 Å². The summed E-state index contributed by atoms with van der Waals surface area (Å²) in [6.45, 7) is 3.34. The average Bonchev–Trinajstić information content (AvgIpc) is 3.17. The number of esters is 1. The molecule has 25 heavy (non-hydrogen) atoms. The van der Waals surface area contributed by atoms with E-state index in [4.69, 9.17) is 4.74 Å². The minimum Gasteiger partial charge on any atom is -0.466 e. The Bertz CT molecular complexity index is 715. The summed E-state index contributed by atoms with van der Waals surface area (Å²) >= 11 is 0. The normalized spacial score (nSPS) is 20.6. The molecule has 2 rings (SSSR count). The summed E-state index contributed by atoms with van der Waals surface area (Å²) in [5, 5.41) is 2.82. The van der Waals surface area contributed by atoms with Crippen LogP contribution in [0.25, 0.3) is 0 Å². The lowest BCUT2D eigenvalue weighted by Crippen LogP contribution is -2.21. The molecule has 0 aromatic heterocycles. The standard InChI is InChI=1S/C18H21F4NO2/c1-5-11(15(9(2)23-3)17(24)25-4)12-6-10(19)7-14(20)16(12)13-8-18(13,21)22/h6-7,11,13,23H,5,8H2,1-4H3/b15-9+. The van der Waals surface area contributed by atoms with Gasteiger partial charge in [-0.1, -0.05) is 6.92 Å². The van der Waals surface area contributed by atoms with Crippen LogP contribution in [0, 0.1) is 11.6 Å². The molecule has 7 heteroatoms. The number of alkyl halides is 2. The molecule has 1 N–H and O–H groups in total. The minimum absolute atomic E-state index is 0.0668. The number of halogens is 4. The Morgan fingerprint density at radius 2 is 2.00 bits per heavy atom. The fourth-order valence-corrected chi connectivity index (χ4v) is 3.17. The molecule has 0 radical (unpaired) electrons. The van der Waals surface area contributed by atoms with Gasteiger partial charge in [0.15, 0.2) is 0 Å². The van der Waals surface area contributed by atoms with Crippen LogP contribution in [0.15, 0.2) is 23.4 Å². The molecule has 2 atom stereocenters. The third-order valence-electron chi connectivity index (χ3n) is 4.62. The summed E-state index contributed by atoms with van der Waals surface area (Å²) < 4.78 is 60.1. The predicted molar refractivity (Wildman–Crippen MR) is 85.5 cm³/mol. The highest BCUT2D eigenvalue weighted by Crippen LogP contribution is 2.58. The highest BCUT2D eigenvalue weighted by molar-refractivity contribution is 5.91. The van der Waals surface area contributed by atoms with E-state index in [2.05, 4.69) is 5.32 Å². The Morgan fingerprint density at radius 3 is 2.44 bits per heavy atom. The van der Waals surface area contributed by atoms with Crippen LogP contribution >= 0.6 is 0 Å². The van der Waals surface area contributed by atoms with Crippen molar-refractivity contribution < 1.29 is 27.1 Å². The van der Waals surface area contributed by atoms with E-state index in [0.29, 0.717) is 11.8 Å². The molecule has 138 valence electrons. The van der Waals surface area contributed by atoms with Gasteiger partial charge >= 0.3 is 5.97 Å². The highest BCUT2D eigenvalue weighted by Gasteiger charge is 2.59. The first-order valence-corrected chi connectivity index (χ1v) is 8.01. The second-order valence-corrected chi connectivity index (χ2v) is 6.15. The smallest absolute Gasteiger partial charge is 0.336 e. The Labute approximate surface area is 144 Å². The van der Waals surface area contributed by atoms with E-state index in [1.807, 2.05) is 0 Å². The second kappa shape index (κ2) is 7.06. The summed E-state index contributed by atoms with van der Waals surface area (Å²) in [6.07, 6.45) is -0.196. The summed E-state index contributed by atoms with van der Waals surface area (Å²) in [5.74, 6) is -7.63. The summed E-state index contributed by atoms with van der Waals surface area (Å²) in [6, 6.07) is 1.64.